The summed E-state index contributed by atoms with van der Waals surface area (Å²) >= 11 is 1.16. The number of carbonyl (C=O) groups is 2. The molecule has 120 valence electrons. The number of halogens is 1. The smallest absolute Gasteiger partial charge is 0.230 e. The summed E-state index contributed by atoms with van der Waals surface area (Å²) in [7, 11) is 0. The highest BCUT2D eigenvalue weighted by molar-refractivity contribution is 8.00. The van der Waals surface area contributed by atoms with Crippen molar-refractivity contribution in [2.45, 2.75) is 43.9 Å². The molecule has 1 N–H and O–H groups in total. The van der Waals surface area contributed by atoms with Gasteiger partial charge in [0.05, 0.1) is 5.75 Å². The van der Waals surface area contributed by atoms with Crippen molar-refractivity contribution < 1.29 is 14.0 Å². The SMILES string of the molecule is CC(=O)c1ccc(SCC(=O)NCC2CCCCC2)c(F)c1. The third kappa shape index (κ3) is 5.13. The van der Waals surface area contributed by atoms with Crippen LogP contribution in [-0.4, -0.2) is 24.0 Å². The first-order valence-corrected chi connectivity index (χ1v) is 8.75. The summed E-state index contributed by atoms with van der Waals surface area (Å²) < 4.78 is 13.8. The molecule has 0 aliphatic heterocycles. The van der Waals surface area contributed by atoms with Gasteiger partial charge >= 0.3 is 0 Å². The Morgan fingerprint density at radius 3 is 2.64 bits per heavy atom. The summed E-state index contributed by atoms with van der Waals surface area (Å²) in [5, 5.41) is 2.94. The standard InChI is InChI=1S/C17H22FNO2S/c1-12(20)14-7-8-16(15(18)9-14)22-11-17(21)19-10-13-5-3-2-4-6-13/h7-9,13H,2-6,10-11H2,1H3,(H,19,21). The van der Waals surface area contributed by atoms with Crippen molar-refractivity contribution in [3.63, 3.8) is 0 Å². The summed E-state index contributed by atoms with van der Waals surface area (Å²) in [5.74, 6) is 0.113. The minimum atomic E-state index is -0.446. The van der Waals surface area contributed by atoms with Crippen molar-refractivity contribution in [3.05, 3.63) is 29.6 Å². The van der Waals surface area contributed by atoms with Gasteiger partial charge in [0.25, 0.3) is 0 Å². The van der Waals surface area contributed by atoms with E-state index in [1.807, 2.05) is 0 Å². The van der Waals surface area contributed by atoms with Crippen LogP contribution in [-0.2, 0) is 4.79 Å². The third-order valence-electron chi connectivity index (χ3n) is 4.01. The van der Waals surface area contributed by atoms with E-state index in [4.69, 9.17) is 0 Å². The predicted octanol–water partition coefficient (Wildman–Crippen LogP) is 3.82. The first-order valence-electron chi connectivity index (χ1n) is 7.76. The van der Waals surface area contributed by atoms with Gasteiger partial charge in [-0.2, -0.15) is 0 Å². The van der Waals surface area contributed by atoms with Crippen LogP contribution in [0.1, 0.15) is 49.4 Å². The lowest BCUT2D eigenvalue weighted by Gasteiger charge is -2.21. The number of carbonyl (C=O) groups excluding carboxylic acids is 2. The number of rotatable bonds is 6. The number of thioether (sulfide) groups is 1. The number of benzene rings is 1. The monoisotopic (exact) mass is 323 g/mol. The lowest BCUT2D eigenvalue weighted by Crippen LogP contribution is -2.31. The van der Waals surface area contributed by atoms with Gasteiger partial charge in [0.1, 0.15) is 5.82 Å². The second kappa shape index (κ2) is 8.32. The van der Waals surface area contributed by atoms with E-state index in [0.717, 1.165) is 18.3 Å². The fourth-order valence-corrected chi connectivity index (χ4v) is 3.43. The fraction of sp³-hybridized carbons (Fsp3) is 0.529. The molecule has 2 rings (SSSR count). The number of amides is 1. The molecule has 1 saturated carbocycles. The maximum Gasteiger partial charge on any atom is 0.230 e. The van der Waals surface area contributed by atoms with Crippen molar-refractivity contribution in [1.29, 1.82) is 0 Å². The molecule has 1 aromatic rings. The Hall–Kier alpha value is -1.36. The molecule has 0 atom stereocenters. The second-order valence-electron chi connectivity index (χ2n) is 5.80. The molecule has 0 bridgehead atoms. The number of ketones is 1. The highest BCUT2D eigenvalue weighted by Gasteiger charge is 2.15. The number of nitrogens with one attached hydrogen (secondary N) is 1. The van der Waals surface area contributed by atoms with E-state index < -0.39 is 5.82 Å². The average molecular weight is 323 g/mol. The van der Waals surface area contributed by atoms with Crippen LogP contribution >= 0.6 is 11.8 Å². The minimum absolute atomic E-state index is 0.0642. The van der Waals surface area contributed by atoms with E-state index in [-0.39, 0.29) is 17.4 Å². The molecule has 1 aromatic carbocycles. The van der Waals surface area contributed by atoms with Crippen molar-refractivity contribution in [2.24, 2.45) is 5.92 Å². The molecular formula is C17H22FNO2S. The Balaban J connectivity index is 1.77. The first-order chi connectivity index (χ1) is 10.6. The predicted molar refractivity (Wildman–Crippen MR) is 86.7 cm³/mol. The quantitative estimate of drug-likeness (QED) is 0.639. The summed E-state index contributed by atoms with van der Waals surface area (Å²) in [6.07, 6.45) is 6.19. The molecule has 1 fully saturated rings. The molecule has 1 amide bonds. The maximum atomic E-state index is 13.8. The number of Topliss-reactive ketones (excluding diaryl/α,β-unsaturated/α-hetero) is 1. The third-order valence-corrected chi connectivity index (χ3v) is 5.06. The average Bonchev–Trinajstić information content (AvgIpc) is 2.52. The van der Waals surface area contributed by atoms with Crippen LogP contribution in [0.25, 0.3) is 0 Å². The van der Waals surface area contributed by atoms with Crippen molar-refractivity contribution >= 4 is 23.5 Å². The van der Waals surface area contributed by atoms with Gasteiger partial charge in [0, 0.05) is 17.0 Å². The topological polar surface area (TPSA) is 46.2 Å². The van der Waals surface area contributed by atoms with E-state index in [9.17, 15) is 14.0 Å². The van der Waals surface area contributed by atoms with Crippen molar-refractivity contribution in [2.75, 3.05) is 12.3 Å². The Labute approximate surface area is 135 Å². The summed E-state index contributed by atoms with van der Waals surface area (Å²) in [4.78, 5) is 23.4. The number of hydrogen-bond donors (Lipinski definition) is 1. The summed E-state index contributed by atoms with van der Waals surface area (Å²) in [6.45, 7) is 2.13. The van der Waals surface area contributed by atoms with Crippen LogP contribution in [0.2, 0.25) is 0 Å². The van der Waals surface area contributed by atoms with Crippen LogP contribution in [0.5, 0.6) is 0 Å². The first kappa shape index (κ1) is 17.0. The highest BCUT2D eigenvalue weighted by Crippen LogP contribution is 2.24. The van der Waals surface area contributed by atoms with E-state index in [0.29, 0.717) is 16.4 Å². The zero-order valence-corrected chi connectivity index (χ0v) is 13.7. The number of hydrogen-bond acceptors (Lipinski definition) is 3. The maximum absolute atomic E-state index is 13.8. The zero-order chi connectivity index (χ0) is 15.9. The van der Waals surface area contributed by atoms with Gasteiger partial charge in [-0.1, -0.05) is 25.3 Å². The summed E-state index contributed by atoms with van der Waals surface area (Å²) in [6, 6.07) is 4.38. The summed E-state index contributed by atoms with van der Waals surface area (Å²) in [5.41, 5.74) is 0.351. The highest BCUT2D eigenvalue weighted by atomic mass is 32.2. The molecule has 0 spiro atoms. The zero-order valence-electron chi connectivity index (χ0n) is 12.9. The van der Waals surface area contributed by atoms with Gasteiger partial charge in [0.15, 0.2) is 5.78 Å². The molecule has 0 unspecified atom stereocenters. The van der Waals surface area contributed by atoms with Crippen molar-refractivity contribution in [1.82, 2.24) is 5.32 Å². The molecule has 0 heterocycles. The Morgan fingerprint density at radius 2 is 2.00 bits per heavy atom. The van der Waals surface area contributed by atoms with Gasteiger partial charge in [-0.25, -0.2) is 4.39 Å². The molecular weight excluding hydrogens is 301 g/mol. The van der Waals surface area contributed by atoms with Crippen LogP contribution < -0.4 is 5.32 Å². The van der Waals surface area contributed by atoms with Gasteiger partial charge in [-0.05, 0) is 37.8 Å². The lowest BCUT2D eigenvalue weighted by molar-refractivity contribution is -0.118. The van der Waals surface area contributed by atoms with E-state index in [1.54, 1.807) is 12.1 Å². The molecule has 1 aliphatic carbocycles. The van der Waals surface area contributed by atoms with Crippen LogP contribution in [0, 0.1) is 11.7 Å². The van der Waals surface area contributed by atoms with Gasteiger partial charge < -0.3 is 5.32 Å². The van der Waals surface area contributed by atoms with Gasteiger partial charge in [0.2, 0.25) is 5.91 Å². The fourth-order valence-electron chi connectivity index (χ4n) is 2.68. The van der Waals surface area contributed by atoms with Gasteiger partial charge in [-0.3, -0.25) is 9.59 Å². The van der Waals surface area contributed by atoms with Crippen molar-refractivity contribution in [3.8, 4) is 0 Å². The molecule has 0 saturated heterocycles. The molecule has 22 heavy (non-hydrogen) atoms. The Morgan fingerprint density at radius 1 is 1.27 bits per heavy atom. The Bertz CT molecular complexity index is 541. The molecule has 1 aliphatic rings. The lowest BCUT2D eigenvalue weighted by atomic mass is 9.89. The normalized spacial score (nSPS) is 15.5. The minimum Gasteiger partial charge on any atom is -0.355 e. The van der Waals surface area contributed by atoms with Gasteiger partial charge in [-0.15, -0.1) is 11.8 Å². The molecule has 0 aromatic heterocycles. The molecule has 5 heteroatoms. The second-order valence-corrected chi connectivity index (χ2v) is 6.82. The van der Waals surface area contributed by atoms with E-state index in [1.165, 1.54) is 45.1 Å². The van der Waals surface area contributed by atoms with Crippen LogP contribution in [0.15, 0.2) is 23.1 Å². The molecule has 0 radical (unpaired) electrons. The molecule has 3 nitrogen and oxygen atoms in total. The van der Waals surface area contributed by atoms with E-state index >= 15 is 0 Å². The van der Waals surface area contributed by atoms with E-state index in [2.05, 4.69) is 5.32 Å². The largest absolute Gasteiger partial charge is 0.355 e. The Kier molecular flexibility index (Phi) is 6.43. The van der Waals surface area contributed by atoms with Crippen LogP contribution in [0.3, 0.4) is 0 Å². The van der Waals surface area contributed by atoms with Crippen LogP contribution in [0.4, 0.5) is 4.39 Å².